The molecule has 0 saturated carbocycles. The molecular formula is C13H19NO. The summed E-state index contributed by atoms with van der Waals surface area (Å²) < 4.78 is 5.30. The Bertz CT molecular complexity index is 404. The van der Waals surface area contributed by atoms with Gasteiger partial charge < -0.3 is 10.2 Å². The van der Waals surface area contributed by atoms with Gasteiger partial charge in [0.15, 0.2) is 0 Å². The van der Waals surface area contributed by atoms with Crippen molar-refractivity contribution >= 4 is 11.0 Å². The topological polar surface area (TPSA) is 39.2 Å². The first-order valence-electron chi connectivity index (χ1n) is 5.47. The minimum atomic E-state index is 0.201. The Kier molecular flexibility index (Phi) is 4.37. The Labute approximate surface area is 91.1 Å². The lowest BCUT2D eigenvalue weighted by Crippen LogP contribution is -2.17. The van der Waals surface area contributed by atoms with Crippen molar-refractivity contribution in [1.29, 1.82) is 0 Å². The van der Waals surface area contributed by atoms with Crippen molar-refractivity contribution < 1.29 is 4.42 Å². The van der Waals surface area contributed by atoms with Crippen LogP contribution in [0, 0.1) is 0 Å². The first kappa shape index (κ1) is 11.8. The molecule has 2 nitrogen and oxygen atoms in total. The number of fused-ring (bicyclic) bond motifs is 1. The summed E-state index contributed by atoms with van der Waals surface area (Å²) in [4.78, 5) is 0. The Balaban J connectivity index is 0.000000531. The van der Waals surface area contributed by atoms with Crippen molar-refractivity contribution in [2.75, 3.05) is 0 Å². The second-order valence-corrected chi connectivity index (χ2v) is 3.47. The molecule has 0 aliphatic heterocycles. The van der Waals surface area contributed by atoms with Gasteiger partial charge in [-0.05, 0) is 31.0 Å². The standard InChI is InChI=1S/C11H13NO.C2H6/c1-8(12)6-9-2-3-10-4-5-13-11(10)7-9;1-2/h2-5,7-8H,6,12H2,1H3;1-2H3. The van der Waals surface area contributed by atoms with Crippen LogP contribution in [0.2, 0.25) is 0 Å². The molecule has 1 atom stereocenters. The van der Waals surface area contributed by atoms with Gasteiger partial charge in [-0.1, -0.05) is 26.0 Å². The van der Waals surface area contributed by atoms with E-state index in [9.17, 15) is 0 Å². The molecular weight excluding hydrogens is 186 g/mol. The lowest BCUT2D eigenvalue weighted by atomic mass is 10.1. The molecule has 0 aliphatic carbocycles. The van der Waals surface area contributed by atoms with E-state index in [4.69, 9.17) is 10.2 Å². The van der Waals surface area contributed by atoms with Gasteiger partial charge in [-0.3, -0.25) is 0 Å². The number of furan rings is 1. The predicted molar refractivity (Wildman–Crippen MR) is 64.9 cm³/mol. The second-order valence-electron chi connectivity index (χ2n) is 3.47. The van der Waals surface area contributed by atoms with E-state index in [-0.39, 0.29) is 6.04 Å². The van der Waals surface area contributed by atoms with Gasteiger partial charge in [-0.25, -0.2) is 0 Å². The Morgan fingerprint density at radius 1 is 1.27 bits per heavy atom. The van der Waals surface area contributed by atoms with Gasteiger partial charge in [-0.2, -0.15) is 0 Å². The van der Waals surface area contributed by atoms with Crippen LogP contribution in [0.3, 0.4) is 0 Å². The van der Waals surface area contributed by atoms with Gasteiger partial charge in [0.1, 0.15) is 5.58 Å². The fraction of sp³-hybridized carbons (Fsp3) is 0.385. The lowest BCUT2D eigenvalue weighted by molar-refractivity contribution is 0.614. The highest BCUT2D eigenvalue weighted by atomic mass is 16.3. The highest BCUT2D eigenvalue weighted by molar-refractivity contribution is 5.77. The van der Waals surface area contributed by atoms with Crippen molar-refractivity contribution in [3.05, 3.63) is 36.1 Å². The summed E-state index contributed by atoms with van der Waals surface area (Å²) in [5, 5.41) is 1.15. The molecule has 2 aromatic rings. The lowest BCUT2D eigenvalue weighted by Gasteiger charge is -2.03. The largest absolute Gasteiger partial charge is 0.464 e. The van der Waals surface area contributed by atoms with Crippen molar-refractivity contribution in [1.82, 2.24) is 0 Å². The Morgan fingerprint density at radius 2 is 2.00 bits per heavy atom. The SMILES string of the molecule is CC.CC(N)Cc1ccc2ccoc2c1. The molecule has 0 amide bonds. The summed E-state index contributed by atoms with van der Waals surface area (Å²) >= 11 is 0. The zero-order valence-electron chi connectivity index (χ0n) is 9.66. The number of rotatable bonds is 2. The molecule has 0 spiro atoms. The zero-order valence-corrected chi connectivity index (χ0v) is 9.66. The molecule has 82 valence electrons. The predicted octanol–water partition coefficient (Wildman–Crippen LogP) is 3.35. The maximum absolute atomic E-state index is 5.71. The molecule has 1 heterocycles. The molecule has 15 heavy (non-hydrogen) atoms. The first-order chi connectivity index (χ1) is 7.25. The number of benzene rings is 1. The minimum Gasteiger partial charge on any atom is -0.464 e. The molecule has 0 saturated heterocycles. The van der Waals surface area contributed by atoms with E-state index in [2.05, 4.69) is 18.2 Å². The van der Waals surface area contributed by atoms with E-state index in [1.165, 1.54) is 5.56 Å². The maximum Gasteiger partial charge on any atom is 0.134 e. The third-order valence-electron chi connectivity index (χ3n) is 2.08. The molecule has 0 bridgehead atoms. The van der Waals surface area contributed by atoms with Gasteiger partial charge in [0, 0.05) is 11.4 Å². The van der Waals surface area contributed by atoms with Crippen LogP contribution in [-0.2, 0) is 6.42 Å². The fourth-order valence-electron chi connectivity index (χ4n) is 1.50. The van der Waals surface area contributed by atoms with Crippen molar-refractivity contribution in [3.8, 4) is 0 Å². The summed E-state index contributed by atoms with van der Waals surface area (Å²) in [5.41, 5.74) is 7.89. The van der Waals surface area contributed by atoms with Crippen molar-refractivity contribution in [2.24, 2.45) is 5.73 Å². The summed E-state index contributed by atoms with van der Waals surface area (Å²) in [6.07, 6.45) is 2.61. The maximum atomic E-state index is 5.71. The average Bonchev–Trinajstić information content (AvgIpc) is 2.67. The van der Waals surface area contributed by atoms with Gasteiger partial charge in [0.05, 0.1) is 6.26 Å². The van der Waals surface area contributed by atoms with Crippen LogP contribution in [0.25, 0.3) is 11.0 Å². The van der Waals surface area contributed by atoms with Crippen LogP contribution in [0.5, 0.6) is 0 Å². The third-order valence-corrected chi connectivity index (χ3v) is 2.08. The number of hydrogen-bond donors (Lipinski definition) is 1. The van der Waals surface area contributed by atoms with E-state index in [0.29, 0.717) is 0 Å². The van der Waals surface area contributed by atoms with E-state index >= 15 is 0 Å². The normalized spacial score (nSPS) is 12.0. The summed E-state index contributed by atoms with van der Waals surface area (Å²) in [7, 11) is 0. The van der Waals surface area contributed by atoms with Crippen LogP contribution < -0.4 is 5.73 Å². The quantitative estimate of drug-likeness (QED) is 0.816. The highest BCUT2D eigenvalue weighted by Crippen LogP contribution is 2.17. The van der Waals surface area contributed by atoms with Crippen LogP contribution in [0.1, 0.15) is 26.3 Å². The second kappa shape index (κ2) is 5.56. The monoisotopic (exact) mass is 205 g/mol. The van der Waals surface area contributed by atoms with Gasteiger partial charge in [-0.15, -0.1) is 0 Å². The molecule has 0 fully saturated rings. The molecule has 1 aromatic heterocycles. The van der Waals surface area contributed by atoms with Crippen molar-refractivity contribution in [2.45, 2.75) is 33.2 Å². The van der Waals surface area contributed by atoms with E-state index < -0.39 is 0 Å². The third kappa shape index (κ3) is 3.10. The van der Waals surface area contributed by atoms with Crippen LogP contribution in [0.15, 0.2) is 34.9 Å². The first-order valence-corrected chi connectivity index (χ1v) is 5.47. The van der Waals surface area contributed by atoms with Crippen LogP contribution >= 0.6 is 0 Å². The Hall–Kier alpha value is -1.28. The molecule has 1 aromatic carbocycles. The molecule has 2 N–H and O–H groups in total. The number of hydrogen-bond acceptors (Lipinski definition) is 2. The van der Waals surface area contributed by atoms with Gasteiger partial charge in [0.25, 0.3) is 0 Å². The van der Waals surface area contributed by atoms with E-state index in [1.54, 1.807) is 6.26 Å². The van der Waals surface area contributed by atoms with Crippen LogP contribution in [-0.4, -0.2) is 6.04 Å². The number of nitrogens with two attached hydrogens (primary N) is 1. The van der Waals surface area contributed by atoms with Crippen LogP contribution in [0.4, 0.5) is 0 Å². The molecule has 0 aliphatic rings. The van der Waals surface area contributed by atoms with E-state index in [1.807, 2.05) is 26.8 Å². The molecule has 2 rings (SSSR count). The highest BCUT2D eigenvalue weighted by Gasteiger charge is 2.00. The Morgan fingerprint density at radius 3 is 2.67 bits per heavy atom. The molecule has 2 heteroatoms. The van der Waals surface area contributed by atoms with Gasteiger partial charge in [0.2, 0.25) is 0 Å². The van der Waals surface area contributed by atoms with E-state index in [0.717, 1.165) is 17.4 Å². The average molecular weight is 205 g/mol. The summed E-state index contributed by atoms with van der Waals surface area (Å²) in [6.45, 7) is 6.01. The molecule has 0 radical (unpaired) electrons. The summed E-state index contributed by atoms with van der Waals surface area (Å²) in [5.74, 6) is 0. The molecule has 1 unspecified atom stereocenters. The zero-order chi connectivity index (χ0) is 11.3. The minimum absolute atomic E-state index is 0.201. The smallest absolute Gasteiger partial charge is 0.134 e. The van der Waals surface area contributed by atoms with Gasteiger partial charge >= 0.3 is 0 Å². The summed E-state index contributed by atoms with van der Waals surface area (Å²) in [6, 6.07) is 8.38. The van der Waals surface area contributed by atoms with Crippen molar-refractivity contribution in [3.63, 3.8) is 0 Å². The fourth-order valence-corrected chi connectivity index (χ4v) is 1.50.